The van der Waals surface area contributed by atoms with E-state index in [1.165, 1.54) is 75.8 Å². The van der Waals surface area contributed by atoms with Gasteiger partial charge in [-0.15, -0.1) is 0 Å². The highest BCUT2D eigenvalue weighted by molar-refractivity contribution is 6.07. The van der Waals surface area contributed by atoms with Crippen molar-refractivity contribution in [3.05, 3.63) is 152 Å². The molecular weight excluding hydrogens is 432 g/mol. The lowest BCUT2D eigenvalue weighted by atomic mass is 9.87. The van der Waals surface area contributed by atoms with Crippen molar-refractivity contribution in [1.29, 1.82) is 0 Å². The Bertz CT molecular complexity index is 1990. The summed E-state index contributed by atoms with van der Waals surface area (Å²) in [4.78, 5) is 0. The van der Waals surface area contributed by atoms with Crippen LogP contribution in [0.2, 0.25) is 0 Å². The first-order chi connectivity index (χ1) is 17.8. The summed E-state index contributed by atoms with van der Waals surface area (Å²) < 4.78 is 0. The Morgan fingerprint density at radius 2 is 0.722 bits per heavy atom. The molecule has 0 spiro atoms. The summed E-state index contributed by atoms with van der Waals surface area (Å²) in [5.74, 6) is 0. The monoisotopic (exact) mass is 454 g/mol. The van der Waals surface area contributed by atoms with Crippen molar-refractivity contribution in [3.63, 3.8) is 0 Å². The maximum absolute atomic E-state index is 2.39. The molecule has 2 aliphatic carbocycles. The van der Waals surface area contributed by atoms with Gasteiger partial charge in [0.1, 0.15) is 0 Å². The Labute approximate surface area is 209 Å². The second kappa shape index (κ2) is 7.41. The van der Waals surface area contributed by atoms with E-state index in [-0.39, 0.29) is 0 Å². The molecule has 0 heterocycles. The Morgan fingerprint density at radius 3 is 1.17 bits per heavy atom. The van der Waals surface area contributed by atoms with Gasteiger partial charge in [-0.1, -0.05) is 109 Å². The molecule has 0 bridgehead atoms. The van der Waals surface area contributed by atoms with E-state index < -0.39 is 0 Å². The average Bonchev–Trinajstić information content (AvgIpc) is 3.19. The molecule has 6 aromatic carbocycles. The van der Waals surface area contributed by atoms with Crippen LogP contribution in [0.15, 0.2) is 109 Å². The Morgan fingerprint density at radius 1 is 0.306 bits per heavy atom. The molecule has 0 atom stereocenters. The highest BCUT2D eigenvalue weighted by atomic mass is 14.2. The van der Waals surface area contributed by atoms with Gasteiger partial charge in [0.05, 0.1) is 0 Å². The summed E-state index contributed by atoms with van der Waals surface area (Å²) in [5.41, 5.74) is 7.71. The second-order valence-electron chi connectivity index (χ2n) is 9.78. The van der Waals surface area contributed by atoms with E-state index in [1.807, 2.05) is 0 Å². The number of benzene rings is 6. The van der Waals surface area contributed by atoms with Gasteiger partial charge in [-0.3, -0.25) is 0 Å². The molecule has 0 unspecified atom stereocenters. The Hall–Kier alpha value is -4.68. The van der Waals surface area contributed by atoms with Crippen molar-refractivity contribution >= 4 is 45.8 Å². The molecule has 6 aromatic rings. The van der Waals surface area contributed by atoms with Gasteiger partial charge in [-0.05, 0) is 100 Å². The van der Waals surface area contributed by atoms with Gasteiger partial charge in [0.2, 0.25) is 0 Å². The van der Waals surface area contributed by atoms with Crippen LogP contribution in [0.1, 0.15) is 22.3 Å². The lowest BCUT2D eigenvalue weighted by molar-refractivity contribution is 1.51. The predicted molar refractivity (Wildman–Crippen MR) is 153 cm³/mol. The van der Waals surface area contributed by atoms with Gasteiger partial charge in [0, 0.05) is 0 Å². The molecule has 0 saturated carbocycles. The van der Waals surface area contributed by atoms with E-state index in [4.69, 9.17) is 0 Å². The van der Waals surface area contributed by atoms with Crippen LogP contribution in [0.3, 0.4) is 0 Å². The van der Waals surface area contributed by atoms with Crippen LogP contribution in [-0.2, 0) is 0 Å². The van der Waals surface area contributed by atoms with E-state index in [2.05, 4.69) is 133 Å². The van der Waals surface area contributed by atoms with E-state index in [9.17, 15) is 0 Å². The second-order valence-corrected chi connectivity index (χ2v) is 9.78. The molecule has 2 aliphatic rings. The SMILES string of the molecule is C1=c2ccccc2=Cc2c(-c3ccc4cccc5c4c3C=c3ccccc3=C5)ccc3cccc1c23. The van der Waals surface area contributed by atoms with Gasteiger partial charge >= 0.3 is 0 Å². The van der Waals surface area contributed by atoms with Crippen LogP contribution in [-0.4, -0.2) is 0 Å². The van der Waals surface area contributed by atoms with Crippen LogP contribution in [0.5, 0.6) is 0 Å². The summed E-state index contributed by atoms with van der Waals surface area (Å²) in [5, 5.41) is 10.3. The predicted octanol–water partition coefficient (Wildman–Crippen LogP) is 5.60. The fourth-order valence-corrected chi connectivity index (χ4v) is 6.08. The Kier molecular flexibility index (Phi) is 4.03. The van der Waals surface area contributed by atoms with Crippen molar-refractivity contribution in [2.45, 2.75) is 0 Å². The van der Waals surface area contributed by atoms with Crippen LogP contribution in [0.4, 0.5) is 0 Å². The topological polar surface area (TPSA) is 0 Å². The summed E-state index contributed by atoms with van der Waals surface area (Å²) in [6.07, 6.45) is 9.44. The van der Waals surface area contributed by atoms with Crippen molar-refractivity contribution in [2.75, 3.05) is 0 Å². The Balaban J connectivity index is 1.55. The standard InChI is InChI=1S/C36H22/c1-3-9-27-21-33-31(17-15-23-11-5-13-29(35(23)33)19-25(27)7-1)32-18-16-24-12-6-14-30-20-26-8-2-4-10-28(26)22-34(32)36(24)30/h1-22H. The summed E-state index contributed by atoms with van der Waals surface area (Å²) in [7, 11) is 0. The van der Waals surface area contributed by atoms with E-state index >= 15 is 0 Å². The largest absolute Gasteiger partial charge is 0.0616 e. The first kappa shape index (κ1) is 19.6. The third-order valence-corrected chi connectivity index (χ3v) is 7.74. The first-order valence-electron chi connectivity index (χ1n) is 12.5. The zero-order valence-corrected chi connectivity index (χ0v) is 19.7. The molecule has 0 nitrogen and oxygen atoms in total. The molecule has 0 radical (unpaired) electrons. The molecule has 0 saturated heterocycles. The molecule has 0 amide bonds. The van der Waals surface area contributed by atoms with Gasteiger partial charge in [0.15, 0.2) is 0 Å². The van der Waals surface area contributed by atoms with E-state index in [0.29, 0.717) is 0 Å². The van der Waals surface area contributed by atoms with Gasteiger partial charge < -0.3 is 0 Å². The quantitative estimate of drug-likeness (QED) is 0.303. The van der Waals surface area contributed by atoms with Crippen LogP contribution in [0.25, 0.3) is 57.0 Å². The first-order valence-corrected chi connectivity index (χ1v) is 12.5. The molecule has 0 aliphatic heterocycles. The van der Waals surface area contributed by atoms with Crippen molar-refractivity contribution in [1.82, 2.24) is 0 Å². The minimum atomic E-state index is 1.26. The fraction of sp³-hybridized carbons (Fsp3) is 0. The smallest absolute Gasteiger partial charge is 0.00322 e. The van der Waals surface area contributed by atoms with Crippen molar-refractivity contribution in [3.8, 4) is 11.1 Å². The highest BCUT2D eigenvalue weighted by Gasteiger charge is 2.17. The van der Waals surface area contributed by atoms with E-state index in [1.54, 1.807) is 0 Å². The molecule has 36 heavy (non-hydrogen) atoms. The third kappa shape index (κ3) is 2.82. The molecular formula is C36H22. The molecule has 0 aromatic heterocycles. The van der Waals surface area contributed by atoms with Crippen molar-refractivity contribution in [2.24, 2.45) is 0 Å². The lowest BCUT2D eigenvalue weighted by Crippen LogP contribution is -2.23. The molecule has 166 valence electrons. The lowest BCUT2D eigenvalue weighted by Gasteiger charge is -2.16. The van der Waals surface area contributed by atoms with Crippen LogP contribution >= 0.6 is 0 Å². The normalized spacial score (nSPS) is 12.8. The number of hydrogen-bond acceptors (Lipinski definition) is 0. The van der Waals surface area contributed by atoms with Gasteiger partial charge in [-0.25, -0.2) is 0 Å². The molecule has 8 rings (SSSR count). The zero-order valence-electron chi connectivity index (χ0n) is 19.7. The van der Waals surface area contributed by atoms with Gasteiger partial charge in [-0.2, -0.15) is 0 Å². The number of fused-ring (bicyclic) bond motifs is 2. The average molecular weight is 455 g/mol. The van der Waals surface area contributed by atoms with Gasteiger partial charge in [0.25, 0.3) is 0 Å². The molecule has 0 heteroatoms. The summed E-state index contributed by atoms with van der Waals surface area (Å²) >= 11 is 0. The maximum atomic E-state index is 2.39. The summed E-state index contributed by atoms with van der Waals surface area (Å²) in [6.45, 7) is 0. The zero-order chi connectivity index (χ0) is 23.6. The fourth-order valence-electron chi connectivity index (χ4n) is 6.08. The molecule has 0 N–H and O–H groups in total. The number of rotatable bonds is 1. The van der Waals surface area contributed by atoms with Crippen LogP contribution < -0.4 is 20.9 Å². The summed E-state index contributed by atoms with van der Waals surface area (Å²) in [6, 6.07) is 39.9. The minimum Gasteiger partial charge on any atom is -0.0616 e. The van der Waals surface area contributed by atoms with E-state index in [0.717, 1.165) is 0 Å². The number of hydrogen-bond donors (Lipinski definition) is 0. The maximum Gasteiger partial charge on any atom is -0.00322 e. The minimum absolute atomic E-state index is 1.26. The molecule has 0 fully saturated rings. The highest BCUT2D eigenvalue weighted by Crippen LogP contribution is 2.39. The van der Waals surface area contributed by atoms with Crippen LogP contribution in [0, 0.1) is 0 Å². The third-order valence-electron chi connectivity index (χ3n) is 7.74. The van der Waals surface area contributed by atoms with Crippen molar-refractivity contribution < 1.29 is 0 Å².